The lowest BCUT2D eigenvalue weighted by atomic mass is 10.1. The van der Waals surface area contributed by atoms with Crippen molar-refractivity contribution in [2.45, 2.75) is 6.54 Å². The summed E-state index contributed by atoms with van der Waals surface area (Å²) in [6, 6.07) is 8.98. The van der Waals surface area contributed by atoms with E-state index in [4.69, 9.17) is 0 Å². The first kappa shape index (κ1) is 14.1. The van der Waals surface area contributed by atoms with E-state index < -0.39 is 0 Å². The van der Waals surface area contributed by atoms with Crippen LogP contribution in [0.1, 0.15) is 16.1 Å². The van der Waals surface area contributed by atoms with Crippen LogP contribution in [0.2, 0.25) is 0 Å². The molecular weight excluding hydrogens is 280 g/mol. The molecule has 1 amide bonds. The molecule has 2 heterocycles. The van der Waals surface area contributed by atoms with Gasteiger partial charge in [-0.05, 0) is 17.5 Å². The molecule has 0 bridgehead atoms. The highest BCUT2D eigenvalue weighted by Crippen LogP contribution is 2.11. The number of nitrogens with one attached hydrogen (secondary N) is 1. The van der Waals surface area contributed by atoms with Crippen LogP contribution < -0.4 is 10.9 Å². The molecule has 0 fully saturated rings. The normalized spacial score (nSPS) is 10.8. The predicted octanol–water partition coefficient (Wildman–Crippen LogP) is 1.20. The number of rotatable bonds is 3. The van der Waals surface area contributed by atoms with Gasteiger partial charge in [-0.15, -0.1) is 0 Å². The van der Waals surface area contributed by atoms with E-state index in [9.17, 15) is 9.59 Å². The van der Waals surface area contributed by atoms with Crippen molar-refractivity contribution in [1.82, 2.24) is 19.7 Å². The Morgan fingerprint density at radius 1 is 1.27 bits per heavy atom. The second-order valence-electron chi connectivity index (χ2n) is 5.19. The van der Waals surface area contributed by atoms with Crippen LogP contribution in [0.15, 0.2) is 47.5 Å². The first-order valence-corrected chi connectivity index (χ1v) is 6.91. The van der Waals surface area contributed by atoms with E-state index in [1.807, 2.05) is 31.4 Å². The van der Waals surface area contributed by atoms with Gasteiger partial charge in [0.05, 0.1) is 6.20 Å². The number of benzene rings is 1. The highest BCUT2D eigenvalue weighted by molar-refractivity contribution is 5.96. The van der Waals surface area contributed by atoms with Crippen LogP contribution in [-0.4, -0.2) is 20.3 Å². The number of fused-ring (bicyclic) bond motifs is 1. The first-order chi connectivity index (χ1) is 10.6. The van der Waals surface area contributed by atoms with E-state index in [2.05, 4.69) is 10.4 Å². The molecule has 0 radical (unpaired) electrons. The summed E-state index contributed by atoms with van der Waals surface area (Å²) in [5.74, 6) is -0.283. The zero-order valence-electron chi connectivity index (χ0n) is 12.4. The fourth-order valence-corrected chi connectivity index (χ4v) is 2.41. The van der Waals surface area contributed by atoms with Gasteiger partial charge in [-0.2, -0.15) is 5.10 Å². The molecule has 0 aliphatic rings. The van der Waals surface area contributed by atoms with E-state index >= 15 is 0 Å². The van der Waals surface area contributed by atoms with Gasteiger partial charge >= 0.3 is 0 Å². The second kappa shape index (κ2) is 5.48. The summed E-state index contributed by atoms with van der Waals surface area (Å²) in [7, 11) is 3.42. The molecule has 0 spiro atoms. The molecule has 6 heteroatoms. The maximum Gasteiger partial charge on any atom is 0.268 e. The number of amides is 1. The largest absolute Gasteiger partial charge is 0.347 e. The molecule has 0 saturated heterocycles. The third-order valence-electron chi connectivity index (χ3n) is 3.59. The van der Waals surface area contributed by atoms with Crippen LogP contribution in [0.4, 0.5) is 0 Å². The molecule has 0 aliphatic heterocycles. The molecule has 3 aromatic rings. The van der Waals surface area contributed by atoms with E-state index in [1.165, 1.54) is 4.57 Å². The summed E-state index contributed by atoms with van der Waals surface area (Å²) in [6.07, 6.45) is 3.53. The van der Waals surface area contributed by atoms with Crippen LogP contribution in [-0.2, 0) is 20.6 Å². The molecule has 0 unspecified atom stereocenters. The molecule has 0 aliphatic carbocycles. The lowest BCUT2D eigenvalue weighted by Gasteiger charge is -2.10. The van der Waals surface area contributed by atoms with E-state index in [0.29, 0.717) is 17.6 Å². The summed E-state index contributed by atoms with van der Waals surface area (Å²) >= 11 is 0. The lowest BCUT2D eigenvalue weighted by molar-refractivity contribution is 0.0942. The monoisotopic (exact) mass is 296 g/mol. The Balaban J connectivity index is 1.90. The summed E-state index contributed by atoms with van der Waals surface area (Å²) in [6.45, 7) is 0.369. The van der Waals surface area contributed by atoms with Gasteiger partial charge in [0.2, 0.25) is 0 Å². The van der Waals surface area contributed by atoms with Crippen molar-refractivity contribution in [3.8, 4) is 0 Å². The minimum atomic E-state index is -0.283. The van der Waals surface area contributed by atoms with Gasteiger partial charge in [-0.25, -0.2) is 0 Å². The third kappa shape index (κ3) is 2.50. The molecular formula is C16H16N4O2. The third-order valence-corrected chi connectivity index (χ3v) is 3.59. The standard InChI is InChI=1S/C16H16N4O2/c1-19-10-11(9-18-19)8-17-15(21)14-7-12-5-3-4-6-13(12)16(22)20(14)2/h3-7,9-10H,8H2,1-2H3,(H,17,21). The minimum Gasteiger partial charge on any atom is -0.347 e. The molecule has 6 nitrogen and oxygen atoms in total. The fraction of sp³-hybridized carbons (Fsp3) is 0.188. The number of carbonyl (C=O) groups is 1. The fourth-order valence-electron chi connectivity index (χ4n) is 2.41. The van der Waals surface area contributed by atoms with Gasteiger partial charge < -0.3 is 9.88 Å². The van der Waals surface area contributed by atoms with Gasteiger partial charge in [0, 0.05) is 37.8 Å². The van der Waals surface area contributed by atoms with Crippen molar-refractivity contribution in [1.29, 1.82) is 0 Å². The Bertz CT molecular complexity index is 908. The smallest absolute Gasteiger partial charge is 0.268 e. The summed E-state index contributed by atoms with van der Waals surface area (Å²) in [5, 5.41) is 8.23. The van der Waals surface area contributed by atoms with Crippen molar-refractivity contribution in [3.63, 3.8) is 0 Å². The topological polar surface area (TPSA) is 68.9 Å². The average molecular weight is 296 g/mol. The van der Waals surface area contributed by atoms with Gasteiger partial charge in [-0.1, -0.05) is 18.2 Å². The molecule has 112 valence electrons. The van der Waals surface area contributed by atoms with Gasteiger partial charge in [0.1, 0.15) is 5.69 Å². The van der Waals surface area contributed by atoms with Crippen LogP contribution in [0.25, 0.3) is 10.8 Å². The van der Waals surface area contributed by atoms with Gasteiger partial charge in [-0.3, -0.25) is 14.3 Å². The molecule has 0 atom stereocenters. The number of hydrogen-bond donors (Lipinski definition) is 1. The molecule has 1 N–H and O–H groups in total. The van der Waals surface area contributed by atoms with Crippen LogP contribution in [0.3, 0.4) is 0 Å². The molecule has 2 aromatic heterocycles. The Morgan fingerprint density at radius 3 is 2.77 bits per heavy atom. The van der Waals surface area contributed by atoms with Crippen LogP contribution in [0, 0.1) is 0 Å². The minimum absolute atomic E-state index is 0.176. The number of hydrogen-bond acceptors (Lipinski definition) is 3. The van der Waals surface area contributed by atoms with E-state index in [-0.39, 0.29) is 11.5 Å². The Morgan fingerprint density at radius 2 is 2.05 bits per heavy atom. The van der Waals surface area contributed by atoms with E-state index in [1.54, 1.807) is 30.1 Å². The van der Waals surface area contributed by atoms with Crippen molar-refractivity contribution >= 4 is 16.7 Å². The van der Waals surface area contributed by atoms with Crippen LogP contribution in [0.5, 0.6) is 0 Å². The summed E-state index contributed by atoms with van der Waals surface area (Å²) < 4.78 is 3.05. The number of aromatic nitrogens is 3. The molecule has 1 aromatic carbocycles. The Kier molecular flexibility index (Phi) is 3.50. The van der Waals surface area contributed by atoms with Gasteiger partial charge in [0.15, 0.2) is 0 Å². The molecule has 22 heavy (non-hydrogen) atoms. The predicted molar refractivity (Wildman–Crippen MR) is 83.6 cm³/mol. The zero-order chi connectivity index (χ0) is 15.7. The maximum absolute atomic E-state index is 12.3. The van der Waals surface area contributed by atoms with Crippen molar-refractivity contribution in [3.05, 3.63) is 64.3 Å². The number of pyridine rings is 1. The van der Waals surface area contributed by atoms with Crippen molar-refractivity contribution in [2.75, 3.05) is 0 Å². The van der Waals surface area contributed by atoms with Crippen molar-refractivity contribution in [2.24, 2.45) is 14.1 Å². The van der Waals surface area contributed by atoms with Gasteiger partial charge in [0.25, 0.3) is 11.5 Å². The molecule has 0 saturated carbocycles. The number of nitrogens with zero attached hydrogens (tertiary/aromatic N) is 3. The van der Waals surface area contributed by atoms with Crippen molar-refractivity contribution < 1.29 is 4.79 Å². The maximum atomic E-state index is 12.3. The lowest BCUT2D eigenvalue weighted by Crippen LogP contribution is -2.30. The summed E-state index contributed by atoms with van der Waals surface area (Å²) in [5.41, 5.74) is 1.07. The SMILES string of the molecule is Cn1cc(CNC(=O)c2cc3ccccc3c(=O)n2C)cn1. The highest BCUT2D eigenvalue weighted by atomic mass is 16.2. The first-order valence-electron chi connectivity index (χ1n) is 6.91. The quantitative estimate of drug-likeness (QED) is 0.789. The highest BCUT2D eigenvalue weighted by Gasteiger charge is 2.13. The molecule has 3 rings (SSSR count). The number of carbonyl (C=O) groups excluding carboxylic acids is 1. The Hall–Kier alpha value is -2.89. The van der Waals surface area contributed by atoms with Crippen LogP contribution >= 0.6 is 0 Å². The zero-order valence-corrected chi connectivity index (χ0v) is 12.4. The summed E-state index contributed by atoms with van der Waals surface area (Å²) in [4.78, 5) is 24.6. The Labute approximate surface area is 127 Å². The second-order valence-corrected chi connectivity index (χ2v) is 5.19. The number of aryl methyl sites for hydroxylation is 1. The average Bonchev–Trinajstić information content (AvgIpc) is 2.94. The van der Waals surface area contributed by atoms with E-state index in [0.717, 1.165) is 10.9 Å².